The smallest absolute Gasteiger partial charge is 0.160 e. The summed E-state index contributed by atoms with van der Waals surface area (Å²) in [5, 5.41) is 3.88. The maximum absolute atomic E-state index is 9.08. The number of alkyl halides is 1. The van der Waals surface area contributed by atoms with Crippen molar-refractivity contribution in [3.05, 3.63) is 118 Å². The Labute approximate surface area is 216 Å². The van der Waals surface area contributed by atoms with E-state index in [9.17, 15) is 0 Å². The van der Waals surface area contributed by atoms with E-state index in [1.165, 1.54) is 0 Å². The third kappa shape index (κ3) is 7.08. The number of nitrogens with zero attached hydrogens (tertiary/aromatic N) is 3. The van der Waals surface area contributed by atoms with E-state index >= 15 is 0 Å². The lowest BCUT2D eigenvalue weighted by Gasteiger charge is -2.45. The van der Waals surface area contributed by atoms with Crippen molar-refractivity contribution < 1.29 is 18.9 Å². The highest BCUT2D eigenvalue weighted by Crippen LogP contribution is 2.34. The van der Waals surface area contributed by atoms with Gasteiger partial charge < -0.3 is 18.9 Å². The third-order valence-corrected chi connectivity index (χ3v) is 6.43. The molecule has 1 fully saturated rings. The zero-order valence-electron chi connectivity index (χ0n) is 20.1. The molecule has 0 amide bonds. The van der Waals surface area contributed by atoms with Gasteiger partial charge in [-0.05, 0) is 22.2 Å². The molecule has 3 aromatic carbocycles. The van der Waals surface area contributed by atoms with Gasteiger partial charge in [-0.15, -0.1) is 0 Å². The first-order chi connectivity index (χ1) is 17.7. The Kier molecular flexibility index (Phi) is 9.76. The second-order valence-corrected chi connectivity index (χ2v) is 9.11. The molecule has 2 unspecified atom stereocenters. The van der Waals surface area contributed by atoms with Gasteiger partial charge >= 0.3 is 0 Å². The largest absolute Gasteiger partial charge is 0.368 e. The molecule has 0 radical (unpaired) electrons. The lowest BCUT2D eigenvalue weighted by atomic mass is 9.94. The Morgan fingerprint density at radius 3 is 1.61 bits per heavy atom. The second kappa shape index (κ2) is 13.4. The summed E-state index contributed by atoms with van der Waals surface area (Å²) in [4.78, 5) is 2.98. The summed E-state index contributed by atoms with van der Waals surface area (Å²) < 4.78 is 25.3. The zero-order valence-corrected chi connectivity index (χ0v) is 20.9. The maximum Gasteiger partial charge on any atom is 0.160 e. The second-order valence-electron chi connectivity index (χ2n) is 8.68. The van der Waals surface area contributed by atoms with Crippen LogP contribution in [0.15, 0.2) is 96.1 Å². The number of hydrogen-bond donors (Lipinski definition) is 0. The van der Waals surface area contributed by atoms with Gasteiger partial charge in [0.1, 0.15) is 18.3 Å². The van der Waals surface area contributed by atoms with E-state index in [2.05, 4.69) is 10.0 Å². The Bertz CT molecular complexity index is 1100. The highest BCUT2D eigenvalue weighted by molar-refractivity contribution is 6.20. The summed E-state index contributed by atoms with van der Waals surface area (Å²) in [7, 11) is 0. The van der Waals surface area contributed by atoms with E-state index in [0.717, 1.165) is 16.7 Å². The van der Waals surface area contributed by atoms with Gasteiger partial charge in [-0.1, -0.05) is 115 Å². The van der Waals surface area contributed by atoms with Crippen LogP contribution in [0.2, 0.25) is 0 Å². The van der Waals surface area contributed by atoms with Crippen molar-refractivity contribution in [3.63, 3.8) is 0 Å². The number of azide groups is 1. The number of rotatable bonds is 11. The van der Waals surface area contributed by atoms with Gasteiger partial charge in [0, 0.05) is 4.91 Å². The molecule has 0 aromatic heterocycles. The first kappa shape index (κ1) is 26.2. The van der Waals surface area contributed by atoms with E-state index in [0.29, 0.717) is 19.8 Å². The Morgan fingerprint density at radius 2 is 1.17 bits per heavy atom. The van der Waals surface area contributed by atoms with Crippen molar-refractivity contribution >= 4 is 11.6 Å². The molecule has 0 bridgehead atoms. The topological polar surface area (TPSA) is 85.7 Å². The molecule has 36 heavy (non-hydrogen) atoms. The Morgan fingerprint density at radius 1 is 0.750 bits per heavy atom. The highest BCUT2D eigenvalue weighted by Gasteiger charge is 2.49. The SMILES string of the molecule is C[C@@H](N=[N+]=[N-])[C@H]1O[C@@H](Cl)C(OCc2ccccc2)C(OCc2ccccc2)[C@@H]1OCc1ccccc1. The third-order valence-electron chi connectivity index (χ3n) is 6.08. The number of benzene rings is 3. The Hall–Kier alpha value is -2.90. The van der Waals surface area contributed by atoms with Crippen molar-refractivity contribution in [1.29, 1.82) is 0 Å². The number of halogens is 1. The fraction of sp³-hybridized carbons (Fsp3) is 0.357. The fourth-order valence-electron chi connectivity index (χ4n) is 4.21. The molecule has 1 aliphatic rings. The quantitative estimate of drug-likeness (QED) is 0.130. The summed E-state index contributed by atoms with van der Waals surface area (Å²) in [6.07, 6.45) is -2.41. The molecule has 0 spiro atoms. The predicted octanol–water partition coefficient (Wildman–Crippen LogP) is 6.41. The summed E-state index contributed by atoms with van der Waals surface area (Å²) in [5.41, 5.74) is 11.3. The molecule has 1 saturated heterocycles. The minimum atomic E-state index is -0.826. The summed E-state index contributed by atoms with van der Waals surface area (Å²) in [5.74, 6) is 0. The summed E-state index contributed by atoms with van der Waals surface area (Å²) in [6, 6.07) is 29.1. The van der Waals surface area contributed by atoms with Gasteiger partial charge in [0.2, 0.25) is 0 Å². The van der Waals surface area contributed by atoms with Crippen LogP contribution in [0.4, 0.5) is 0 Å². The highest BCUT2D eigenvalue weighted by atomic mass is 35.5. The van der Waals surface area contributed by atoms with Crippen molar-refractivity contribution in [1.82, 2.24) is 0 Å². The van der Waals surface area contributed by atoms with Crippen molar-refractivity contribution in [2.24, 2.45) is 5.11 Å². The van der Waals surface area contributed by atoms with E-state index in [4.69, 9.17) is 36.1 Å². The minimum Gasteiger partial charge on any atom is -0.368 e. The number of ether oxygens (including phenoxy) is 4. The summed E-state index contributed by atoms with van der Waals surface area (Å²) in [6.45, 7) is 2.80. The molecule has 1 heterocycles. The van der Waals surface area contributed by atoms with E-state index in [1.807, 2.05) is 91.0 Å². The monoisotopic (exact) mass is 507 g/mol. The molecule has 188 valence electrons. The van der Waals surface area contributed by atoms with Gasteiger partial charge in [-0.2, -0.15) is 0 Å². The van der Waals surface area contributed by atoms with Gasteiger partial charge in [-0.3, -0.25) is 0 Å². The first-order valence-electron chi connectivity index (χ1n) is 12.0. The standard InChI is InChI=1S/C28H30ClN3O4/c1-20(31-32-30)24-25(33-17-21-11-5-2-6-12-21)26(34-18-22-13-7-3-8-14-22)27(28(29)36-24)35-19-23-15-9-4-10-16-23/h2-16,20,24-28H,17-19H2,1H3/t20-,24-,25-,26?,27?,28-/m1/s1. The maximum atomic E-state index is 9.08. The number of hydrogen-bond acceptors (Lipinski definition) is 5. The van der Waals surface area contributed by atoms with Crippen LogP contribution >= 0.6 is 11.6 Å². The normalized spacial score (nSPS) is 24.6. The van der Waals surface area contributed by atoms with Crippen molar-refractivity contribution in [2.45, 2.75) is 62.8 Å². The molecule has 0 aliphatic carbocycles. The molecule has 7 nitrogen and oxygen atoms in total. The molecular weight excluding hydrogens is 478 g/mol. The first-order valence-corrected chi connectivity index (χ1v) is 12.4. The van der Waals surface area contributed by atoms with Crippen LogP contribution in [-0.4, -0.2) is 36.0 Å². The van der Waals surface area contributed by atoms with Gasteiger partial charge in [0.15, 0.2) is 5.56 Å². The van der Waals surface area contributed by atoms with Crippen molar-refractivity contribution in [2.75, 3.05) is 0 Å². The van der Waals surface area contributed by atoms with Crippen LogP contribution in [-0.2, 0) is 38.8 Å². The lowest BCUT2D eigenvalue weighted by molar-refractivity contribution is -0.251. The van der Waals surface area contributed by atoms with Crippen LogP contribution in [0, 0.1) is 0 Å². The fourth-order valence-corrected chi connectivity index (χ4v) is 4.55. The average molecular weight is 508 g/mol. The van der Waals surface area contributed by atoms with Crippen molar-refractivity contribution in [3.8, 4) is 0 Å². The van der Waals surface area contributed by atoms with Crippen LogP contribution in [0.5, 0.6) is 0 Å². The van der Waals surface area contributed by atoms with Crippen LogP contribution in [0.1, 0.15) is 23.6 Å². The molecule has 0 saturated carbocycles. The minimum absolute atomic E-state index is 0.331. The predicted molar refractivity (Wildman–Crippen MR) is 138 cm³/mol. The molecule has 3 aromatic rings. The van der Waals surface area contributed by atoms with Gasteiger partial charge in [-0.25, -0.2) is 0 Å². The molecule has 4 rings (SSSR count). The summed E-state index contributed by atoms with van der Waals surface area (Å²) >= 11 is 6.73. The zero-order chi connectivity index (χ0) is 25.2. The molecular formula is C28H30ClN3O4. The van der Waals surface area contributed by atoms with Crippen LogP contribution in [0.3, 0.4) is 0 Å². The molecule has 0 N–H and O–H groups in total. The van der Waals surface area contributed by atoms with E-state index in [1.54, 1.807) is 6.92 Å². The molecule has 6 atom stereocenters. The molecule has 1 aliphatic heterocycles. The van der Waals surface area contributed by atoms with Gasteiger partial charge in [0.05, 0.1) is 32.0 Å². The van der Waals surface area contributed by atoms with Crippen LogP contribution in [0.25, 0.3) is 10.4 Å². The lowest BCUT2D eigenvalue weighted by Crippen LogP contribution is -2.61. The Balaban J connectivity index is 1.60. The van der Waals surface area contributed by atoms with Crippen LogP contribution < -0.4 is 0 Å². The van der Waals surface area contributed by atoms with Gasteiger partial charge in [0.25, 0.3) is 0 Å². The van der Waals surface area contributed by atoms with E-state index < -0.39 is 36.0 Å². The van der Waals surface area contributed by atoms with E-state index in [-0.39, 0.29) is 0 Å². The average Bonchev–Trinajstić information content (AvgIpc) is 2.92. The molecule has 8 heteroatoms.